The van der Waals surface area contributed by atoms with Crippen LogP contribution in [0.3, 0.4) is 0 Å². The van der Waals surface area contributed by atoms with Gasteiger partial charge in [-0.25, -0.2) is 4.39 Å². The number of halogens is 2. The molecule has 0 heterocycles. The molecule has 0 aromatic heterocycles. The van der Waals surface area contributed by atoms with Gasteiger partial charge in [-0.15, -0.1) is 0 Å². The lowest BCUT2D eigenvalue weighted by molar-refractivity contribution is 0.227. The van der Waals surface area contributed by atoms with E-state index in [1.165, 1.54) is 6.07 Å². The number of hydrogen-bond acceptors (Lipinski definition) is 1. The molecule has 1 nitrogen and oxygen atoms in total. The maximum absolute atomic E-state index is 13.1. The van der Waals surface area contributed by atoms with Crippen molar-refractivity contribution in [3.63, 3.8) is 0 Å². The van der Waals surface area contributed by atoms with Gasteiger partial charge in [-0.05, 0) is 57.9 Å². The second-order valence-corrected chi connectivity index (χ2v) is 5.79. The Kier molecular flexibility index (Phi) is 4.51. The first kappa shape index (κ1) is 13.7. The normalized spacial score (nSPS) is 15.2. The summed E-state index contributed by atoms with van der Waals surface area (Å²) in [5.74, 6) is 0.282. The van der Waals surface area contributed by atoms with E-state index in [2.05, 4.69) is 36.7 Å². The monoisotopic (exact) mass is 287 g/mol. The summed E-state index contributed by atoms with van der Waals surface area (Å²) in [6, 6.07) is 5.17. The van der Waals surface area contributed by atoms with E-state index in [0.717, 1.165) is 12.0 Å². The third-order valence-corrected chi connectivity index (χ3v) is 4.06. The molecule has 0 bridgehead atoms. The fourth-order valence-corrected chi connectivity index (χ4v) is 2.05. The van der Waals surface area contributed by atoms with Crippen molar-refractivity contribution in [1.29, 1.82) is 0 Å². The van der Waals surface area contributed by atoms with Crippen molar-refractivity contribution in [2.24, 2.45) is 17.1 Å². The highest BCUT2D eigenvalue weighted by Crippen LogP contribution is 2.31. The lowest BCUT2D eigenvalue weighted by Gasteiger charge is -2.32. The van der Waals surface area contributed by atoms with Crippen molar-refractivity contribution in [3.8, 4) is 0 Å². The zero-order chi connectivity index (χ0) is 12.3. The summed E-state index contributed by atoms with van der Waals surface area (Å²) in [6.07, 6.45) is 0.875. The molecule has 1 aromatic rings. The average molecular weight is 288 g/mol. The number of benzene rings is 1. The second-order valence-electron chi connectivity index (χ2n) is 4.94. The topological polar surface area (TPSA) is 26.0 Å². The SMILES string of the molecule is CC(C)C(C)(CN)Cc1ccc(F)c(Br)c1. The Hall–Kier alpha value is -0.410. The fourth-order valence-electron chi connectivity index (χ4n) is 1.63. The minimum atomic E-state index is -0.220. The molecule has 1 unspecified atom stereocenters. The molecule has 3 heteroatoms. The summed E-state index contributed by atoms with van der Waals surface area (Å²) in [5.41, 5.74) is 7.02. The van der Waals surface area contributed by atoms with Crippen LogP contribution < -0.4 is 5.73 Å². The van der Waals surface area contributed by atoms with Crippen LogP contribution in [0.2, 0.25) is 0 Å². The fraction of sp³-hybridized carbons (Fsp3) is 0.538. The van der Waals surface area contributed by atoms with Gasteiger partial charge in [0, 0.05) is 0 Å². The highest BCUT2D eigenvalue weighted by atomic mass is 79.9. The van der Waals surface area contributed by atoms with Gasteiger partial charge in [0.2, 0.25) is 0 Å². The third kappa shape index (κ3) is 3.05. The molecule has 0 saturated carbocycles. The smallest absolute Gasteiger partial charge is 0.137 e. The Bertz CT molecular complexity index is 365. The quantitative estimate of drug-likeness (QED) is 0.897. The van der Waals surface area contributed by atoms with Crippen LogP contribution in [0.4, 0.5) is 4.39 Å². The van der Waals surface area contributed by atoms with Gasteiger partial charge in [0.15, 0.2) is 0 Å². The molecule has 1 rings (SSSR count). The molecule has 90 valence electrons. The molecule has 2 N–H and O–H groups in total. The summed E-state index contributed by atoms with van der Waals surface area (Å²) in [5, 5.41) is 0. The first-order chi connectivity index (χ1) is 7.39. The zero-order valence-electron chi connectivity index (χ0n) is 10.1. The molecule has 0 aliphatic carbocycles. The van der Waals surface area contributed by atoms with E-state index < -0.39 is 0 Å². The third-order valence-electron chi connectivity index (χ3n) is 3.45. The minimum Gasteiger partial charge on any atom is -0.330 e. The maximum atomic E-state index is 13.1. The highest BCUT2D eigenvalue weighted by Gasteiger charge is 2.27. The summed E-state index contributed by atoms with van der Waals surface area (Å²) in [7, 11) is 0. The van der Waals surface area contributed by atoms with Gasteiger partial charge in [-0.3, -0.25) is 0 Å². The van der Waals surface area contributed by atoms with Crippen LogP contribution in [0.25, 0.3) is 0 Å². The molecule has 1 aromatic carbocycles. The van der Waals surface area contributed by atoms with Crippen LogP contribution in [0.1, 0.15) is 26.3 Å². The van der Waals surface area contributed by atoms with E-state index in [1.807, 2.05) is 12.1 Å². The molecule has 0 spiro atoms. The van der Waals surface area contributed by atoms with E-state index in [9.17, 15) is 4.39 Å². The summed E-state index contributed by atoms with van der Waals surface area (Å²) in [6.45, 7) is 7.16. The molecule has 0 fully saturated rings. The highest BCUT2D eigenvalue weighted by molar-refractivity contribution is 9.10. The Morgan fingerprint density at radius 3 is 2.50 bits per heavy atom. The lowest BCUT2D eigenvalue weighted by atomic mass is 9.74. The molecule has 16 heavy (non-hydrogen) atoms. The van der Waals surface area contributed by atoms with Crippen LogP contribution in [0.15, 0.2) is 22.7 Å². The van der Waals surface area contributed by atoms with Crippen molar-refractivity contribution < 1.29 is 4.39 Å². The summed E-state index contributed by atoms with van der Waals surface area (Å²) >= 11 is 3.21. The lowest BCUT2D eigenvalue weighted by Crippen LogP contribution is -2.34. The number of hydrogen-bond donors (Lipinski definition) is 1. The Balaban J connectivity index is 2.90. The Morgan fingerprint density at radius 1 is 1.44 bits per heavy atom. The van der Waals surface area contributed by atoms with Gasteiger partial charge in [0.05, 0.1) is 4.47 Å². The number of nitrogens with two attached hydrogens (primary N) is 1. The first-order valence-electron chi connectivity index (χ1n) is 5.53. The van der Waals surface area contributed by atoms with Gasteiger partial charge < -0.3 is 5.73 Å². The van der Waals surface area contributed by atoms with E-state index >= 15 is 0 Å². The maximum Gasteiger partial charge on any atom is 0.137 e. The van der Waals surface area contributed by atoms with Crippen LogP contribution >= 0.6 is 15.9 Å². The molecular formula is C13H19BrFN. The van der Waals surface area contributed by atoms with Crippen LogP contribution in [0.5, 0.6) is 0 Å². The zero-order valence-corrected chi connectivity index (χ0v) is 11.6. The van der Waals surface area contributed by atoms with E-state index in [0.29, 0.717) is 16.9 Å². The van der Waals surface area contributed by atoms with Crippen molar-refractivity contribution in [2.75, 3.05) is 6.54 Å². The Labute approximate surface area is 105 Å². The first-order valence-corrected chi connectivity index (χ1v) is 6.32. The molecule has 0 radical (unpaired) electrons. The summed E-state index contributed by atoms with van der Waals surface area (Å²) in [4.78, 5) is 0. The van der Waals surface area contributed by atoms with Gasteiger partial charge in [-0.1, -0.05) is 26.8 Å². The van der Waals surface area contributed by atoms with Crippen LogP contribution in [-0.4, -0.2) is 6.54 Å². The van der Waals surface area contributed by atoms with Crippen LogP contribution in [-0.2, 0) is 6.42 Å². The van der Waals surface area contributed by atoms with Crippen LogP contribution in [0, 0.1) is 17.2 Å². The van der Waals surface area contributed by atoms with Gasteiger partial charge in [0.1, 0.15) is 5.82 Å². The average Bonchev–Trinajstić information content (AvgIpc) is 2.23. The molecule has 0 aliphatic rings. The van der Waals surface area contributed by atoms with Gasteiger partial charge in [-0.2, -0.15) is 0 Å². The van der Waals surface area contributed by atoms with Gasteiger partial charge in [0.25, 0.3) is 0 Å². The van der Waals surface area contributed by atoms with E-state index in [1.54, 1.807) is 0 Å². The molecule has 0 aliphatic heterocycles. The summed E-state index contributed by atoms with van der Waals surface area (Å²) < 4.78 is 13.6. The Morgan fingerprint density at radius 2 is 2.06 bits per heavy atom. The minimum absolute atomic E-state index is 0.0667. The van der Waals surface area contributed by atoms with E-state index in [-0.39, 0.29) is 11.2 Å². The predicted molar refractivity (Wildman–Crippen MR) is 69.8 cm³/mol. The van der Waals surface area contributed by atoms with Gasteiger partial charge >= 0.3 is 0 Å². The van der Waals surface area contributed by atoms with Crippen molar-refractivity contribution in [2.45, 2.75) is 27.2 Å². The van der Waals surface area contributed by atoms with Crippen molar-refractivity contribution >= 4 is 15.9 Å². The molecular weight excluding hydrogens is 269 g/mol. The van der Waals surface area contributed by atoms with E-state index in [4.69, 9.17) is 5.73 Å². The van der Waals surface area contributed by atoms with Crippen molar-refractivity contribution in [1.82, 2.24) is 0 Å². The standard InChI is InChI=1S/C13H19BrFN/c1-9(2)13(3,8-16)7-10-4-5-12(15)11(14)6-10/h4-6,9H,7-8,16H2,1-3H3. The number of rotatable bonds is 4. The molecule has 0 amide bonds. The largest absolute Gasteiger partial charge is 0.330 e. The molecule has 0 saturated heterocycles. The molecule has 1 atom stereocenters. The second kappa shape index (κ2) is 5.28. The van der Waals surface area contributed by atoms with Crippen molar-refractivity contribution in [3.05, 3.63) is 34.1 Å². The predicted octanol–water partition coefficient (Wildman–Crippen LogP) is 3.75.